The molecular weight excluding hydrogens is 350 g/mol. The zero-order chi connectivity index (χ0) is 20.1. The van der Waals surface area contributed by atoms with Crippen LogP contribution in [0.15, 0.2) is 54.6 Å². The van der Waals surface area contributed by atoms with Crippen molar-refractivity contribution in [1.82, 2.24) is 9.97 Å². The number of hydrogen-bond acceptors (Lipinski definition) is 5. The van der Waals surface area contributed by atoms with Crippen LogP contribution in [-0.2, 0) is 0 Å². The molecule has 0 saturated heterocycles. The van der Waals surface area contributed by atoms with Gasteiger partial charge in [0.1, 0.15) is 5.69 Å². The van der Waals surface area contributed by atoms with Crippen LogP contribution in [0.3, 0.4) is 0 Å². The van der Waals surface area contributed by atoms with Gasteiger partial charge in [-0.3, -0.25) is 4.79 Å². The van der Waals surface area contributed by atoms with Crippen molar-refractivity contribution in [3.8, 4) is 6.07 Å². The van der Waals surface area contributed by atoms with Gasteiger partial charge in [-0.1, -0.05) is 18.2 Å². The van der Waals surface area contributed by atoms with E-state index < -0.39 is 0 Å². The molecule has 3 rings (SSSR count). The van der Waals surface area contributed by atoms with Gasteiger partial charge < -0.3 is 10.2 Å². The molecule has 1 amide bonds. The number of amides is 1. The zero-order valence-corrected chi connectivity index (χ0v) is 16.1. The van der Waals surface area contributed by atoms with E-state index in [1.54, 1.807) is 29.2 Å². The van der Waals surface area contributed by atoms with E-state index in [1.165, 1.54) is 0 Å². The lowest BCUT2D eigenvalue weighted by atomic mass is 10.2. The summed E-state index contributed by atoms with van der Waals surface area (Å²) < 4.78 is 0. The van der Waals surface area contributed by atoms with Gasteiger partial charge in [0.05, 0.1) is 11.6 Å². The molecule has 1 aromatic heterocycles. The van der Waals surface area contributed by atoms with E-state index in [-0.39, 0.29) is 5.91 Å². The van der Waals surface area contributed by atoms with Crippen molar-refractivity contribution in [3.05, 3.63) is 77.1 Å². The van der Waals surface area contributed by atoms with E-state index in [0.29, 0.717) is 35.1 Å². The Kier molecular flexibility index (Phi) is 5.66. The fourth-order valence-corrected chi connectivity index (χ4v) is 2.91. The minimum absolute atomic E-state index is 0.188. The molecule has 0 unspecified atom stereocenters. The normalized spacial score (nSPS) is 10.2. The molecule has 6 nitrogen and oxygen atoms in total. The second kappa shape index (κ2) is 8.31. The molecule has 1 heterocycles. The van der Waals surface area contributed by atoms with Crippen LogP contribution in [0.5, 0.6) is 0 Å². The first-order chi connectivity index (χ1) is 13.5. The van der Waals surface area contributed by atoms with Crippen LogP contribution in [0, 0.1) is 25.2 Å². The van der Waals surface area contributed by atoms with Gasteiger partial charge >= 0.3 is 0 Å². The largest absolute Gasteiger partial charge is 0.324 e. The van der Waals surface area contributed by atoms with Crippen LogP contribution in [0.2, 0.25) is 0 Å². The number of nitrogens with zero attached hydrogens (tertiary/aromatic N) is 4. The van der Waals surface area contributed by atoms with E-state index in [9.17, 15) is 4.79 Å². The molecule has 140 valence electrons. The number of benzene rings is 2. The summed E-state index contributed by atoms with van der Waals surface area (Å²) in [5, 5.41) is 12.1. The van der Waals surface area contributed by atoms with Crippen LogP contribution in [0.25, 0.3) is 0 Å². The highest BCUT2D eigenvalue weighted by Crippen LogP contribution is 2.20. The van der Waals surface area contributed by atoms with E-state index in [4.69, 9.17) is 5.26 Å². The van der Waals surface area contributed by atoms with Gasteiger partial charge in [0.15, 0.2) is 0 Å². The Morgan fingerprint density at radius 3 is 2.61 bits per heavy atom. The molecule has 0 bridgehead atoms. The number of nitrogens with one attached hydrogen (secondary N) is 1. The van der Waals surface area contributed by atoms with Gasteiger partial charge in [-0.25, -0.2) is 9.97 Å². The molecule has 0 spiro atoms. The second-order valence-electron chi connectivity index (χ2n) is 6.42. The van der Waals surface area contributed by atoms with E-state index >= 15 is 0 Å². The Morgan fingerprint density at radius 2 is 1.89 bits per heavy atom. The van der Waals surface area contributed by atoms with Crippen LogP contribution in [0.1, 0.15) is 34.2 Å². The smallest absolute Gasteiger partial charge is 0.277 e. The SMILES string of the molecule is CCN(C(=O)c1cc(C)nc(Nc2cccc(C#N)c2)n1)c1cccc(C)c1. The highest BCUT2D eigenvalue weighted by atomic mass is 16.2. The lowest BCUT2D eigenvalue weighted by Crippen LogP contribution is -2.31. The Morgan fingerprint density at radius 1 is 1.11 bits per heavy atom. The molecule has 0 aliphatic carbocycles. The third kappa shape index (κ3) is 4.33. The third-order valence-electron chi connectivity index (χ3n) is 4.20. The predicted molar refractivity (Wildman–Crippen MR) is 110 cm³/mol. The van der Waals surface area contributed by atoms with Crippen molar-refractivity contribution in [1.29, 1.82) is 5.26 Å². The van der Waals surface area contributed by atoms with Gasteiger partial charge in [0.2, 0.25) is 5.95 Å². The Balaban J connectivity index is 1.91. The molecule has 0 radical (unpaired) electrons. The summed E-state index contributed by atoms with van der Waals surface area (Å²) in [4.78, 5) is 23.6. The number of aryl methyl sites for hydroxylation is 2. The number of anilines is 3. The molecule has 0 saturated carbocycles. The maximum atomic E-state index is 13.1. The number of aromatic nitrogens is 2. The van der Waals surface area contributed by atoms with Crippen molar-refractivity contribution in [2.75, 3.05) is 16.8 Å². The summed E-state index contributed by atoms with van der Waals surface area (Å²) in [5.41, 5.74) is 4.13. The van der Waals surface area contributed by atoms with Crippen LogP contribution < -0.4 is 10.2 Å². The number of nitriles is 1. The van der Waals surface area contributed by atoms with Gasteiger partial charge in [-0.2, -0.15) is 5.26 Å². The van der Waals surface area contributed by atoms with Crippen LogP contribution in [-0.4, -0.2) is 22.4 Å². The fraction of sp³-hybridized carbons (Fsp3) is 0.182. The van der Waals surface area contributed by atoms with Crippen molar-refractivity contribution in [3.63, 3.8) is 0 Å². The van der Waals surface area contributed by atoms with Gasteiger partial charge in [-0.15, -0.1) is 0 Å². The molecule has 6 heteroatoms. The molecule has 0 fully saturated rings. The molecule has 0 aliphatic rings. The highest BCUT2D eigenvalue weighted by Gasteiger charge is 2.19. The molecule has 1 N–H and O–H groups in total. The molecule has 3 aromatic rings. The van der Waals surface area contributed by atoms with Crippen molar-refractivity contribution in [2.24, 2.45) is 0 Å². The Labute approximate surface area is 164 Å². The lowest BCUT2D eigenvalue weighted by Gasteiger charge is -2.21. The average molecular weight is 371 g/mol. The van der Waals surface area contributed by atoms with Crippen LogP contribution >= 0.6 is 0 Å². The predicted octanol–water partition coefficient (Wildman–Crippen LogP) is 4.38. The molecule has 0 aliphatic heterocycles. The van der Waals surface area contributed by atoms with Crippen LogP contribution in [0.4, 0.5) is 17.3 Å². The zero-order valence-electron chi connectivity index (χ0n) is 16.1. The van der Waals surface area contributed by atoms with Gasteiger partial charge in [0.25, 0.3) is 5.91 Å². The number of hydrogen-bond donors (Lipinski definition) is 1. The standard InChI is InChI=1S/C22H21N5O/c1-4-27(19-10-5-7-15(2)11-19)21(28)20-12-16(3)24-22(26-20)25-18-9-6-8-17(13-18)14-23/h5-13H,4H2,1-3H3,(H,24,25,26). The first-order valence-electron chi connectivity index (χ1n) is 9.01. The first kappa shape index (κ1) is 19.1. The number of carbonyl (C=O) groups is 1. The molecule has 2 aromatic carbocycles. The number of carbonyl (C=O) groups excluding carboxylic acids is 1. The quantitative estimate of drug-likeness (QED) is 0.720. The van der Waals surface area contributed by atoms with E-state index in [0.717, 1.165) is 11.3 Å². The lowest BCUT2D eigenvalue weighted by molar-refractivity contribution is 0.0983. The summed E-state index contributed by atoms with van der Waals surface area (Å²) in [6.07, 6.45) is 0. The summed E-state index contributed by atoms with van der Waals surface area (Å²) >= 11 is 0. The van der Waals surface area contributed by atoms with E-state index in [1.807, 2.05) is 51.1 Å². The van der Waals surface area contributed by atoms with E-state index in [2.05, 4.69) is 21.4 Å². The second-order valence-corrected chi connectivity index (χ2v) is 6.42. The molecular formula is C22H21N5O. The van der Waals surface area contributed by atoms with Crippen molar-refractivity contribution >= 4 is 23.2 Å². The fourth-order valence-electron chi connectivity index (χ4n) is 2.91. The minimum atomic E-state index is -0.188. The monoisotopic (exact) mass is 371 g/mol. The highest BCUT2D eigenvalue weighted by molar-refractivity contribution is 6.05. The average Bonchev–Trinajstić information content (AvgIpc) is 2.68. The third-order valence-corrected chi connectivity index (χ3v) is 4.20. The van der Waals surface area contributed by atoms with Gasteiger partial charge in [-0.05, 0) is 62.7 Å². The van der Waals surface area contributed by atoms with Crippen molar-refractivity contribution in [2.45, 2.75) is 20.8 Å². The maximum Gasteiger partial charge on any atom is 0.277 e. The Hall–Kier alpha value is -3.72. The summed E-state index contributed by atoms with van der Waals surface area (Å²) in [6.45, 7) is 6.27. The molecule has 28 heavy (non-hydrogen) atoms. The topological polar surface area (TPSA) is 81.9 Å². The number of rotatable bonds is 5. The Bertz CT molecular complexity index is 1050. The summed E-state index contributed by atoms with van der Waals surface area (Å²) in [7, 11) is 0. The first-order valence-corrected chi connectivity index (χ1v) is 9.01. The van der Waals surface area contributed by atoms with Gasteiger partial charge in [0, 0.05) is 23.6 Å². The maximum absolute atomic E-state index is 13.1. The summed E-state index contributed by atoms with van der Waals surface area (Å²) in [5.74, 6) is 0.131. The van der Waals surface area contributed by atoms with Crippen molar-refractivity contribution < 1.29 is 4.79 Å². The summed E-state index contributed by atoms with van der Waals surface area (Å²) in [6, 6.07) is 18.6. The molecule has 0 atom stereocenters. The minimum Gasteiger partial charge on any atom is -0.324 e.